The highest BCUT2D eigenvalue weighted by atomic mass is 35.5. The summed E-state index contributed by atoms with van der Waals surface area (Å²) in [6.45, 7) is 5.46. The maximum absolute atomic E-state index is 13.6. The zero-order chi connectivity index (χ0) is 15.6. The number of hydrogen-bond donors (Lipinski definition) is 2. The minimum Gasteiger partial charge on any atom is -0.329 e. The molecule has 4 nitrogen and oxygen atoms in total. The first kappa shape index (κ1) is 20.2. The smallest absolute Gasteiger partial charge is 0.246 e. The van der Waals surface area contributed by atoms with Gasteiger partial charge in [0.1, 0.15) is 11.6 Å². The Morgan fingerprint density at radius 2 is 1.76 bits per heavy atom. The zero-order valence-electron chi connectivity index (χ0n) is 12.2. The minimum atomic E-state index is -4.32. The van der Waals surface area contributed by atoms with Crippen LogP contribution in [0.3, 0.4) is 0 Å². The normalized spacial score (nSPS) is 14.6. The van der Waals surface area contributed by atoms with E-state index in [2.05, 4.69) is 4.72 Å². The van der Waals surface area contributed by atoms with Crippen LogP contribution >= 0.6 is 12.4 Å². The number of rotatable bonds is 6. The summed E-state index contributed by atoms with van der Waals surface area (Å²) >= 11 is 0. The van der Waals surface area contributed by atoms with Crippen molar-refractivity contribution in [1.29, 1.82) is 0 Å². The maximum Gasteiger partial charge on any atom is 0.246 e. The van der Waals surface area contributed by atoms with Gasteiger partial charge in [0, 0.05) is 12.1 Å². The molecule has 0 radical (unpaired) electrons. The monoisotopic (exact) mass is 342 g/mol. The molecule has 0 saturated carbocycles. The van der Waals surface area contributed by atoms with Crippen molar-refractivity contribution in [3.8, 4) is 0 Å². The molecule has 0 fully saturated rings. The minimum absolute atomic E-state index is 0. The van der Waals surface area contributed by atoms with Gasteiger partial charge in [0.05, 0.1) is 0 Å². The van der Waals surface area contributed by atoms with Gasteiger partial charge in [0.25, 0.3) is 0 Å². The summed E-state index contributed by atoms with van der Waals surface area (Å²) in [6.07, 6.45) is 0.457. The number of hydrogen-bond acceptors (Lipinski definition) is 3. The Morgan fingerprint density at radius 1 is 1.29 bits per heavy atom. The van der Waals surface area contributed by atoms with Crippen LogP contribution in [0.15, 0.2) is 23.1 Å². The summed E-state index contributed by atoms with van der Waals surface area (Å²) in [4.78, 5) is -0.969. The van der Waals surface area contributed by atoms with E-state index < -0.39 is 32.1 Å². The summed E-state index contributed by atoms with van der Waals surface area (Å²) in [5.74, 6) is -2.07. The fourth-order valence-corrected chi connectivity index (χ4v) is 3.75. The van der Waals surface area contributed by atoms with Gasteiger partial charge in [-0.25, -0.2) is 21.9 Å². The Bertz CT molecular complexity index is 561. The Labute approximate surface area is 130 Å². The summed E-state index contributed by atoms with van der Waals surface area (Å²) in [7, 11) is -4.32. The highest BCUT2D eigenvalue weighted by Crippen LogP contribution is 2.23. The highest BCUT2D eigenvalue weighted by molar-refractivity contribution is 7.89. The maximum atomic E-state index is 13.6. The number of nitrogens with one attached hydrogen (secondary N) is 1. The molecule has 122 valence electrons. The first-order valence-corrected chi connectivity index (χ1v) is 7.78. The fourth-order valence-electron chi connectivity index (χ4n) is 2.18. The molecule has 0 aliphatic heterocycles. The first-order valence-electron chi connectivity index (χ1n) is 6.29. The molecule has 1 rings (SSSR count). The molecule has 3 N–H and O–H groups in total. The average Bonchev–Trinajstić information content (AvgIpc) is 2.26. The third kappa shape index (κ3) is 5.18. The Kier molecular flexibility index (Phi) is 7.22. The van der Waals surface area contributed by atoms with Crippen molar-refractivity contribution in [3.63, 3.8) is 0 Å². The molecule has 0 aliphatic rings. The Hall–Kier alpha value is -0.760. The molecular formula is C13H21ClF2N2O2S. The van der Waals surface area contributed by atoms with Crippen LogP contribution in [0.25, 0.3) is 0 Å². The summed E-state index contributed by atoms with van der Waals surface area (Å²) in [5, 5.41) is 0. The van der Waals surface area contributed by atoms with Crippen molar-refractivity contribution >= 4 is 22.4 Å². The molecular weight excluding hydrogens is 322 g/mol. The molecule has 0 aliphatic carbocycles. The fraction of sp³-hybridized carbons (Fsp3) is 0.538. The lowest BCUT2D eigenvalue weighted by Crippen LogP contribution is -2.52. The van der Waals surface area contributed by atoms with E-state index in [4.69, 9.17) is 5.73 Å². The van der Waals surface area contributed by atoms with Gasteiger partial charge in [-0.3, -0.25) is 0 Å². The van der Waals surface area contributed by atoms with Crippen LogP contribution in [0.1, 0.15) is 27.2 Å². The summed E-state index contributed by atoms with van der Waals surface area (Å²) in [5.41, 5.74) is 4.65. The molecule has 1 aromatic carbocycles. The predicted molar refractivity (Wildman–Crippen MR) is 80.8 cm³/mol. The third-order valence-electron chi connectivity index (χ3n) is 2.88. The van der Waals surface area contributed by atoms with Gasteiger partial charge in [-0.1, -0.05) is 19.9 Å². The second-order valence-corrected chi connectivity index (χ2v) is 7.14. The van der Waals surface area contributed by atoms with E-state index in [-0.39, 0.29) is 24.9 Å². The average molecular weight is 343 g/mol. The molecule has 1 atom stereocenters. The highest BCUT2D eigenvalue weighted by Gasteiger charge is 2.33. The van der Waals surface area contributed by atoms with Gasteiger partial charge in [0.15, 0.2) is 4.90 Å². The third-order valence-corrected chi connectivity index (χ3v) is 4.57. The molecule has 0 heterocycles. The number of benzene rings is 1. The van der Waals surface area contributed by atoms with E-state index in [1.165, 1.54) is 0 Å². The van der Waals surface area contributed by atoms with Crippen molar-refractivity contribution < 1.29 is 17.2 Å². The molecule has 0 saturated heterocycles. The van der Waals surface area contributed by atoms with Crippen LogP contribution < -0.4 is 10.5 Å². The molecule has 1 aromatic rings. The summed E-state index contributed by atoms with van der Waals surface area (Å²) in [6, 6.07) is 2.92. The van der Waals surface area contributed by atoms with Crippen molar-refractivity contribution in [2.75, 3.05) is 6.54 Å². The quantitative estimate of drug-likeness (QED) is 0.834. The van der Waals surface area contributed by atoms with Gasteiger partial charge in [-0.15, -0.1) is 12.4 Å². The van der Waals surface area contributed by atoms with Crippen molar-refractivity contribution in [2.45, 2.75) is 37.6 Å². The van der Waals surface area contributed by atoms with Gasteiger partial charge >= 0.3 is 0 Å². The van der Waals surface area contributed by atoms with Crippen molar-refractivity contribution in [3.05, 3.63) is 29.8 Å². The second kappa shape index (κ2) is 7.49. The zero-order valence-corrected chi connectivity index (χ0v) is 13.8. The van der Waals surface area contributed by atoms with Gasteiger partial charge in [0.2, 0.25) is 10.0 Å². The second-order valence-electron chi connectivity index (χ2n) is 5.52. The van der Waals surface area contributed by atoms with Crippen LogP contribution in [0.5, 0.6) is 0 Å². The summed E-state index contributed by atoms with van der Waals surface area (Å²) < 4.78 is 53.9. The van der Waals surface area contributed by atoms with Crippen LogP contribution in [-0.2, 0) is 10.0 Å². The Morgan fingerprint density at radius 3 is 2.14 bits per heavy atom. The molecule has 0 amide bonds. The Balaban J connectivity index is 0.00000400. The molecule has 1 unspecified atom stereocenters. The first-order chi connectivity index (χ1) is 9.11. The van der Waals surface area contributed by atoms with Crippen LogP contribution in [0, 0.1) is 17.6 Å². The van der Waals surface area contributed by atoms with E-state index in [9.17, 15) is 17.2 Å². The van der Waals surface area contributed by atoms with Crippen molar-refractivity contribution in [2.24, 2.45) is 11.7 Å². The van der Waals surface area contributed by atoms with E-state index in [0.29, 0.717) is 6.42 Å². The lowest BCUT2D eigenvalue weighted by atomic mass is 9.92. The molecule has 8 heteroatoms. The lowest BCUT2D eigenvalue weighted by molar-refractivity contribution is 0.343. The van der Waals surface area contributed by atoms with Gasteiger partial charge in [-0.2, -0.15) is 0 Å². The largest absolute Gasteiger partial charge is 0.329 e. The molecule has 21 heavy (non-hydrogen) atoms. The van der Waals surface area contributed by atoms with Crippen LogP contribution in [-0.4, -0.2) is 20.5 Å². The number of nitrogens with two attached hydrogens (primary N) is 1. The SMILES string of the molecule is CC(C)CC(C)(CN)NS(=O)(=O)c1c(F)cccc1F.Cl. The topological polar surface area (TPSA) is 72.2 Å². The van der Waals surface area contributed by atoms with Crippen LogP contribution in [0.2, 0.25) is 0 Å². The van der Waals surface area contributed by atoms with E-state index in [1.54, 1.807) is 6.92 Å². The van der Waals surface area contributed by atoms with Gasteiger partial charge in [-0.05, 0) is 31.4 Å². The van der Waals surface area contributed by atoms with E-state index in [0.717, 1.165) is 18.2 Å². The molecule has 0 bridgehead atoms. The number of sulfonamides is 1. The standard InChI is InChI=1S/C13H20F2N2O2S.ClH/c1-9(2)7-13(3,8-16)17-20(18,19)12-10(14)5-4-6-11(12)15;/h4-6,9,17H,7-8,16H2,1-3H3;1H. The molecule has 0 aromatic heterocycles. The van der Waals surface area contributed by atoms with E-state index >= 15 is 0 Å². The van der Waals surface area contributed by atoms with Crippen LogP contribution in [0.4, 0.5) is 8.78 Å². The van der Waals surface area contributed by atoms with Gasteiger partial charge < -0.3 is 5.73 Å². The van der Waals surface area contributed by atoms with Crippen molar-refractivity contribution in [1.82, 2.24) is 4.72 Å². The van der Waals surface area contributed by atoms with E-state index in [1.807, 2.05) is 13.8 Å². The predicted octanol–water partition coefficient (Wildman–Crippen LogP) is 2.43. The number of halogens is 3. The lowest BCUT2D eigenvalue weighted by Gasteiger charge is -2.30. The molecule has 0 spiro atoms.